The molecule has 1 unspecified atom stereocenters. The van der Waals surface area contributed by atoms with Gasteiger partial charge >= 0.3 is 0 Å². The number of fused-ring (bicyclic) bond motifs is 1. The molecule has 1 aliphatic carbocycles. The molecule has 1 aromatic rings. The number of hydrogen-bond donors (Lipinski definition) is 1. The first-order chi connectivity index (χ1) is 10.6. The summed E-state index contributed by atoms with van der Waals surface area (Å²) in [4.78, 5) is 2.49. The molecular weight excluding hydrogens is 275 g/mol. The van der Waals surface area contributed by atoms with Gasteiger partial charge in [0.05, 0.1) is 0 Å². The fourth-order valence-electron chi connectivity index (χ4n) is 3.39. The zero-order valence-electron chi connectivity index (χ0n) is 13.1. The number of benzene rings is 1. The molecule has 3 heteroatoms. The summed E-state index contributed by atoms with van der Waals surface area (Å²) >= 11 is 0. The predicted octanol–water partition coefficient (Wildman–Crippen LogP) is 4.35. The van der Waals surface area contributed by atoms with Crippen LogP contribution in [0.2, 0.25) is 0 Å². The Morgan fingerprint density at radius 3 is 2.82 bits per heavy atom. The molecule has 2 nitrogen and oxygen atoms in total. The number of nitrogens with one attached hydrogen (secondary N) is 1. The zero-order valence-corrected chi connectivity index (χ0v) is 13.1. The first kappa shape index (κ1) is 15.0. The molecule has 0 amide bonds. The van der Waals surface area contributed by atoms with Gasteiger partial charge in [0.15, 0.2) is 0 Å². The number of rotatable bonds is 4. The monoisotopic (exact) mass is 298 g/mol. The molecule has 1 saturated heterocycles. The SMILES string of the molecule is C=CC12CC=C(Nc3ccc(F)cc3)C=C1CCN(CC)C2. The molecule has 1 aromatic carbocycles. The van der Waals surface area contributed by atoms with Crippen molar-refractivity contribution < 1.29 is 4.39 Å². The molecule has 3 rings (SSSR count). The number of allylic oxidation sites excluding steroid dienone is 2. The van der Waals surface area contributed by atoms with E-state index in [1.807, 2.05) is 0 Å². The minimum absolute atomic E-state index is 0.0856. The largest absolute Gasteiger partial charge is 0.356 e. The fourth-order valence-corrected chi connectivity index (χ4v) is 3.39. The predicted molar refractivity (Wildman–Crippen MR) is 90.2 cm³/mol. The van der Waals surface area contributed by atoms with E-state index in [9.17, 15) is 4.39 Å². The molecule has 0 aromatic heterocycles. The van der Waals surface area contributed by atoms with Gasteiger partial charge in [0.1, 0.15) is 5.82 Å². The Kier molecular flexibility index (Phi) is 4.16. The summed E-state index contributed by atoms with van der Waals surface area (Å²) in [7, 11) is 0. The topological polar surface area (TPSA) is 15.3 Å². The van der Waals surface area contributed by atoms with Crippen molar-refractivity contribution in [3.05, 3.63) is 66.2 Å². The smallest absolute Gasteiger partial charge is 0.123 e. The van der Waals surface area contributed by atoms with Gasteiger partial charge in [-0.2, -0.15) is 0 Å². The van der Waals surface area contributed by atoms with Crippen LogP contribution in [-0.4, -0.2) is 24.5 Å². The van der Waals surface area contributed by atoms with E-state index >= 15 is 0 Å². The standard InChI is InChI=1S/C19H23FN2/c1-3-19-11-9-18(21-17-7-5-16(20)6-8-17)13-15(19)10-12-22(4-2)14-19/h3,5-9,13,21H,1,4,10-12,14H2,2H3. The molecule has 1 fully saturated rings. The van der Waals surface area contributed by atoms with Crippen molar-refractivity contribution in [2.75, 3.05) is 25.0 Å². The highest BCUT2D eigenvalue weighted by atomic mass is 19.1. The van der Waals surface area contributed by atoms with Gasteiger partial charge in [-0.3, -0.25) is 0 Å². The Labute approximate surface area is 132 Å². The van der Waals surface area contributed by atoms with Crippen LogP contribution < -0.4 is 5.32 Å². The van der Waals surface area contributed by atoms with E-state index in [-0.39, 0.29) is 11.2 Å². The highest BCUT2D eigenvalue weighted by molar-refractivity contribution is 5.53. The Morgan fingerprint density at radius 1 is 1.36 bits per heavy atom. The fraction of sp³-hybridized carbons (Fsp3) is 0.368. The van der Waals surface area contributed by atoms with Crippen molar-refractivity contribution in [1.82, 2.24) is 4.90 Å². The number of hydrogen-bond acceptors (Lipinski definition) is 2. The van der Waals surface area contributed by atoms with E-state index in [2.05, 4.69) is 41.9 Å². The number of anilines is 1. The van der Waals surface area contributed by atoms with Crippen molar-refractivity contribution in [2.24, 2.45) is 5.41 Å². The lowest BCUT2D eigenvalue weighted by Gasteiger charge is -2.44. The summed E-state index contributed by atoms with van der Waals surface area (Å²) in [6.07, 6.45) is 8.66. The van der Waals surface area contributed by atoms with Gasteiger partial charge in [0.25, 0.3) is 0 Å². The van der Waals surface area contributed by atoms with Crippen molar-refractivity contribution in [3.63, 3.8) is 0 Å². The lowest BCUT2D eigenvalue weighted by molar-refractivity contribution is 0.180. The van der Waals surface area contributed by atoms with Crippen LogP contribution in [0.4, 0.5) is 10.1 Å². The van der Waals surface area contributed by atoms with E-state index < -0.39 is 0 Å². The average Bonchev–Trinajstić information content (AvgIpc) is 2.56. The van der Waals surface area contributed by atoms with Crippen molar-refractivity contribution in [3.8, 4) is 0 Å². The van der Waals surface area contributed by atoms with Crippen LogP contribution in [0.15, 0.2) is 60.3 Å². The molecule has 116 valence electrons. The Balaban J connectivity index is 1.78. The molecule has 1 aliphatic heterocycles. The van der Waals surface area contributed by atoms with Crippen molar-refractivity contribution in [2.45, 2.75) is 19.8 Å². The van der Waals surface area contributed by atoms with Crippen LogP contribution in [-0.2, 0) is 0 Å². The lowest BCUT2D eigenvalue weighted by atomic mass is 9.70. The van der Waals surface area contributed by atoms with Crippen LogP contribution in [0, 0.1) is 11.2 Å². The molecule has 1 heterocycles. The zero-order chi connectivity index (χ0) is 15.6. The molecule has 1 N–H and O–H groups in total. The molecule has 22 heavy (non-hydrogen) atoms. The van der Waals surface area contributed by atoms with E-state index in [1.54, 1.807) is 12.1 Å². The average molecular weight is 298 g/mol. The Bertz CT molecular complexity index is 615. The van der Waals surface area contributed by atoms with Crippen LogP contribution in [0.3, 0.4) is 0 Å². The third-order valence-corrected chi connectivity index (χ3v) is 4.83. The van der Waals surface area contributed by atoms with Crippen LogP contribution >= 0.6 is 0 Å². The van der Waals surface area contributed by atoms with E-state index in [1.165, 1.54) is 17.7 Å². The van der Waals surface area contributed by atoms with Gasteiger partial charge < -0.3 is 10.2 Å². The third kappa shape index (κ3) is 2.86. The second-order valence-electron chi connectivity index (χ2n) is 6.14. The second-order valence-corrected chi connectivity index (χ2v) is 6.14. The minimum Gasteiger partial charge on any atom is -0.356 e. The number of likely N-dealkylation sites (tertiary alicyclic amines) is 1. The van der Waals surface area contributed by atoms with E-state index in [0.717, 1.165) is 43.9 Å². The highest BCUT2D eigenvalue weighted by Crippen LogP contribution is 2.43. The first-order valence-electron chi connectivity index (χ1n) is 7.95. The van der Waals surface area contributed by atoms with E-state index in [0.29, 0.717) is 0 Å². The molecule has 0 bridgehead atoms. The van der Waals surface area contributed by atoms with Crippen molar-refractivity contribution >= 4 is 5.69 Å². The normalized spacial score (nSPS) is 25.0. The Morgan fingerprint density at radius 2 is 2.14 bits per heavy atom. The maximum absolute atomic E-state index is 13.0. The number of piperidine rings is 1. The number of nitrogens with zero attached hydrogens (tertiary/aromatic N) is 1. The minimum atomic E-state index is -0.209. The summed E-state index contributed by atoms with van der Waals surface area (Å²) in [5.74, 6) is -0.209. The van der Waals surface area contributed by atoms with Gasteiger partial charge in [-0.1, -0.05) is 24.6 Å². The Hall–Kier alpha value is -1.87. The number of halogens is 1. The molecule has 1 atom stereocenters. The summed E-state index contributed by atoms with van der Waals surface area (Å²) < 4.78 is 13.0. The van der Waals surface area contributed by atoms with Gasteiger partial charge in [-0.25, -0.2) is 4.39 Å². The maximum atomic E-state index is 13.0. The summed E-state index contributed by atoms with van der Waals surface area (Å²) in [6, 6.07) is 6.49. The summed E-state index contributed by atoms with van der Waals surface area (Å²) in [5, 5.41) is 3.38. The van der Waals surface area contributed by atoms with Crippen LogP contribution in [0.5, 0.6) is 0 Å². The molecule has 0 spiro atoms. The lowest BCUT2D eigenvalue weighted by Crippen LogP contribution is -2.44. The van der Waals surface area contributed by atoms with E-state index in [4.69, 9.17) is 0 Å². The molecule has 0 radical (unpaired) electrons. The van der Waals surface area contributed by atoms with Crippen LogP contribution in [0.1, 0.15) is 19.8 Å². The second kappa shape index (κ2) is 6.09. The highest BCUT2D eigenvalue weighted by Gasteiger charge is 2.37. The van der Waals surface area contributed by atoms with Gasteiger partial charge in [-0.05, 0) is 49.7 Å². The van der Waals surface area contributed by atoms with Crippen LogP contribution in [0.25, 0.3) is 0 Å². The molecule has 0 saturated carbocycles. The quantitative estimate of drug-likeness (QED) is 0.831. The van der Waals surface area contributed by atoms with Gasteiger partial charge in [-0.15, -0.1) is 6.58 Å². The molecular formula is C19H23FN2. The van der Waals surface area contributed by atoms with Gasteiger partial charge in [0.2, 0.25) is 0 Å². The molecule has 2 aliphatic rings. The summed E-state index contributed by atoms with van der Waals surface area (Å²) in [5.41, 5.74) is 3.56. The first-order valence-corrected chi connectivity index (χ1v) is 7.95. The third-order valence-electron chi connectivity index (χ3n) is 4.83. The van der Waals surface area contributed by atoms with Crippen molar-refractivity contribution in [1.29, 1.82) is 0 Å². The van der Waals surface area contributed by atoms with Gasteiger partial charge in [0, 0.05) is 29.9 Å². The summed E-state index contributed by atoms with van der Waals surface area (Å²) in [6.45, 7) is 9.56. The maximum Gasteiger partial charge on any atom is 0.123 e.